The minimum Gasteiger partial charge on any atom is -0.479 e. The minimum absolute atomic E-state index is 0.0951. The van der Waals surface area contributed by atoms with E-state index in [2.05, 4.69) is 15.0 Å². The first kappa shape index (κ1) is 18.4. The van der Waals surface area contributed by atoms with E-state index in [1.807, 2.05) is 6.92 Å². The molecule has 0 bridgehead atoms. The summed E-state index contributed by atoms with van der Waals surface area (Å²) in [5, 5.41) is 0. The van der Waals surface area contributed by atoms with Crippen molar-refractivity contribution in [1.82, 2.24) is 19.5 Å². The maximum Gasteiger partial charge on any atom is 0.324 e. The number of nitrogens with zero attached hydrogens (tertiary/aromatic N) is 4. The van der Waals surface area contributed by atoms with Crippen molar-refractivity contribution in [3.8, 4) is 5.88 Å². The fraction of sp³-hybridized carbons (Fsp3) is 0.615. The van der Waals surface area contributed by atoms with Crippen LogP contribution in [0.15, 0.2) is 6.33 Å². The molecule has 10 nitrogen and oxygen atoms in total. The van der Waals surface area contributed by atoms with Crippen LogP contribution in [0.25, 0.3) is 11.2 Å². The van der Waals surface area contributed by atoms with Gasteiger partial charge in [0.05, 0.1) is 26.1 Å². The highest BCUT2D eigenvalue weighted by atomic mass is 32.5. The van der Waals surface area contributed by atoms with E-state index in [9.17, 15) is 4.89 Å². The van der Waals surface area contributed by atoms with Crippen LogP contribution >= 0.6 is 6.72 Å². The number of aromatic nitrogens is 4. The summed E-state index contributed by atoms with van der Waals surface area (Å²) in [7, 11) is 2.81. The zero-order valence-corrected chi connectivity index (χ0v) is 15.7. The van der Waals surface area contributed by atoms with Crippen molar-refractivity contribution in [1.29, 1.82) is 0 Å². The molecular weight excluding hydrogens is 369 g/mol. The van der Waals surface area contributed by atoms with Crippen LogP contribution in [0.5, 0.6) is 5.88 Å². The van der Waals surface area contributed by atoms with Crippen molar-refractivity contribution in [2.45, 2.75) is 25.7 Å². The summed E-state index contributed by atoms with van der Waals surface area (Å²) >= 11 is 4.83. The maximum atomic E-state index is 9.69. The third-order valence-electron chi connectivity index (χ3n) is 3.98. The fourth-order valence-corrected chi connectivity index (χ4v) is 3.47. The normalized spacial score (nSPS) is 26.0. The Bertz CT molecular complexity index is 817. The Balaban J connectivity index is 1.82. The van der Waals surface area contributed by atoms with Gasteiger partial charge in [-0.25, -0.2) is 4.98 Å². The Morgan fingerprint density at radius 2 is 2.24 bits per heavy atom. The molecule has 2 aromatic heterocycles. The van der Waals surface area contributed by atoms with Crippen molar-refractivity contribution < 1.29 is 23.4 Å². The quantitative estimate of drug-likeness (QED) is 0.696. The Morgan fingerprint density at radius 1 is 1.48 bits per heavy atom. The molecule has 25 heavy (non-hydrogen) atoms. The number of imidazole rings is 1. The van der Waals surface area contributed by atoms with E-state index in [0.29, 0.717) is 17.0 Å². The number of hydrogen-bond donors (Lipinski definition) is 2. The Labute approximate surface area is 149 Å². The molecule has 1 aliphatic heterocycles. The van der Waals surface area contributed by atoms with Crippen LogP contribution in [0.4, 0.5) is 5.95 Å². The molecule has 1 saturated heterocycles. The highest BCUT2D eigenvalue weighted by Crippen LogP contribution is 2.44. The number of methoxy groups -OCH3 is 1. The lowest BCUT2D eigenvalue weighted by Gasteiger charge is -2.19. The standard InChI is InChI=1S/C13H20N5O5PS/c1-7-4-8(5-22-24(19,25)21-3)23-12(7)18-6-15-9-10(18)16-13(14)17-11(9)20-2/h6-8,12H,4-5H2,1-3H3,(H,19,25)(H2,14,16,17). The molecule has 0 saturated carbocycles. The predicted octanol–water partition coefficient (Wildman–Crippen LogP) is 1.22. The van der Waals surface area contributed by atoms with Gasteiger partial charge in [-0.3, -0.25) is 4.57 Å². The predicted molar refractivity (Wildman–Crippen MR) is 93.4 cm³/mol. The largest absolute Gasteiger partial charge is 0.479 e. The molecule has 0 radical (unpaired) electrons. The molecule has 0 aliphatic carbocycles. The molecule has 3 N–H and O–H groups in total. The monoisotopic (exact) mass is 389 g/mol. The van der Waals surface area contributed by atoms with Crippen LogP contribution in [0.3, 0.4) is 0 Å². The van der Waals surface area contributed by atoms with E-state index >= 15 is 0 Å². The number of anilines is 1. The van der Waals surface area contributed by atoms with E-state index in [1.54, 1.807) is 10.9 Å². The Morgan fingerprint density at radius 3 is 2.92 bits per heavy atom. The van der Waals surface area contributed by atoms with Gasteiger partial charge in [-0.1, -0.05) is 6.92 Å². The van der Waals surface area contributed by atoms with Crippen molar-refractivity contribution in [3.63, 3.8) is 0 Å². The van der Waals surface area contributed by atoms with Crippen LogP contribution in [0.1, 0.15) is 19.6 Å². The molecule has 4 atom stereocenters. The van der Waals surface area contributed by atoms with Crippen LogP contribution in [-0.2, 0) is 25.6 Å². The van der Waals surface area contributed by atoms with Gasteiger partial charge >= 0.3 is 6.72 Å². The van der Waals surface area contributed by atoms with Gasteiger partial charge in [0.15, 0.2) is 11.2 Å². The van der Waals surface area contributed by atoms with Crippen LogP contribution in [0, 0.1) is 5.92 Å². The number of fused-ring (bicyclic) bond motifs is 1. The first-order chi connectivity index (χ1) is 11.8. The highest BCUT2D eigenvalue weighted by Gasteiger charge is 2.36. The van der Waals surface area contributed by atoms with E-state index < -0.39 is 6.72 Å². The van der Waals surface area contributed by atoms with Crippen molar-refractivity contribution in [3.05, 3.63) is 6.33 Å². The number of rotatable bonds is 6. The van der Waals surface area contributed by atoms with E-state index in [1.165, 1.54) is 14.2 Å². The summed E-state index contributed by atoms with van der Waals surface area (Å²) < 4.78 is 23.1. The van der Waals surface area contributed by atoms with E-state index in [0.717, 1.165) is 6.42 Å². The topological polar surface area (TPSA) is 127 Å². The van der Waals surface area contributed by atoms with Gasteiger partial charge in [-0.15, -0.1) is 0 Å². The van der Waals surface area contributed by atoms with Gasteiger partial charge in [-0.2, -0.15) is 9.97 Å². The molecule has 3 rings (SSSR count). The molecule has 0 amide bonds. The molecule has 12 heteroatoms. The summed E-state index contributed by atoms with van der Waals surface area (Å²) in [6.07, 6.45) is 1.80. The van der Waals surface area contributed by atoms with Crippen LogP contribution < -0.4 is 10.5 Å². The third kappa shape index (κ3) is 3.76. The second kappa shape index (κ2) is 7.10. The second-order valence-corrected chi connectivity index (χ2v) is 8.67. The zero-order chi connectivity index (χ0) is 18.2. The summed E-state index contributed by atoms with van der Waals surface area (Å²) in [5.41, 5.74) is 6.79. The third-order valence-corrected chi connectivity index (χ3v) is 5.68. The Hall–Kier alpha value is -1.36. The summed E-state index contributed by atoms with van der Waals surface area (Å²) in [4.78, 5) is 22.3. The molecule has 1 aliphatic rings. The number of nitrogen functional groups attached to an aromatic ring is 1. The fourth-order valence-electron chi connectivity index (χ4n) is 2.83. The second-order valence-electron chi connectivity index (χ2n) is 5.72. The first-order valence-electron chi connectivity index (χ1n) is 7.57. The van der Waals surface area contributed by atoms with Gasteiger partial charge in [0.2, 0.25) is 11.8 Å². The lowest BCUT2D eigenvalue weighted by molar-refractivity contribution is -0.0272. The van der Waals surface area contributed by atoms with Gasteiger partial charge in [0, 0.05) is 13.0 Å². The average molecular weight is 389 g/mol. The molecule has 138 valence electrons. The average Bonchev–Trinajstić information content (AvgIpc) is 3.15. The Kier molecular flexibility index (Phi) is 5.24. The summed E-state index contributed by atoms with van der Waals surface area (Å²) in [6, 6.07) is 0. The molecular formula is C13H20N5O5PS. The zero-order valence-electron chi connectivity index (χ0n) is 14.0. The van der Waals surface area contributed by atoms with Crippen molar-refractivity contribution in [2.24, 2.45) is 5.92 Å². The molecule has 0 spiro atoms. The highest BCUT2D eigenvalue weighted by molar-refractivity contribution is 8.07. The lowest BCUT2D eigenvalue weighted by Crippen LogP contribution is -2.17. The molecule has 1 fully saturated rings. The lowest BCUT2D eigenvalue weighted by atomic mass is 10.1. The van der Waals surface area contributed by atoms with Crippen molar-refractivity contribution in [2.75, 3.05) is 26.6 Å². The van der Waals surface area contributed by atoms with E-state index in [-0.39, 0.29) is 30.8 Å². The molecule has 2 aromatic rings. The summed E-state index contributed by atoms with van der Waals surface area (Å²) in [6.45, 7) is -1.01. The summed E-state index contributed by atoms with van der Waals surface area (Å²) in [5.74, 6) is 0.567. The SMILES string of the molecule is COc1nc(N)nc2c1ncn2C1OC(COP(O)(=S)OC)CC1C. The van der Waals surface area contributed by atoms with Crippen LogP contribution in [0.2, 0.25) is 0 Å². The first-order valence-corrected chi connectivity index (χ1v) is 10.2. The van der Waals surface area contributed by atoms with Gasteiger partial charge in [0.1, 0.15) is 6.23 Å². The maximum absolute atomic E-state index is 9.69. The molecule has 4 unspecified atom stereocenters. The minimum atomic E-state index is -3.20. The molecule has 0 aromatic carbocycles. The molecule has 3 heterocycles. The van der Waals surface area contributed by atoms with E-state index in [4.69, 9.17) is 36.1 Å². The number of hydrogen-bond acceptors (Lipinski definition) is 9. The number of ether oxygens (including phenoxy) is 2. The number of nitrogens with two attached hydrogens (primary N) is 1. The van der Waals surface area contributed by atoms with Gasteiger partial charge in [-0.05, 0) is 18.2 Å². The smallest absolute Gasteiger partial charge is 0.324 e. The van der Waals surface area contributed by atoms with Crippen LogP contribution in [-0.4, -0.2) is 51.3 Å². The van der Waals surface area contributed by atoms with Crippen molar-refractivity contribution >= 4 is 35.6 Å². The van der Waals surface area contributed by atoms with Gasteiger partial charge < -0.3 is 29.1 Å². The van der Waals surface area contributed by atoms with Gasteiger partial charge in [0.25, 0.3) is 0 Å².